The molecule has 1 saturated heterocycles. The second kappa shape index (κ2) is 13.1. The molecule has 6 nitrogen and oxygen atoms in total. The van der Waals surface area contributed by atoms with Gasteiger partial charge < -0.3 is 19.7 Å². The van der Waals surface area contributed by atoms with Crippen molar-refractivity contribution in [3.63, 3.8) is 0 Å². The number of carbonyl (C=O) groups is 1. The maximum atomic E-state index is 15.0. The van der Waals surface area contributed by atoms with Crippen molar-refractivity contribution in [1.29, 1.82) is 0 Å². The Labute approximate surface area is 225 Å². The van der Waals surface area contributed by atoms with Crippen molar-refractivity contribution in [2.24, 2.45) is 5.92 Å². The van der Waals surface area contributed by atoms with E-state index in [-0.39, 0.29) is 17.8 Å². The zero-order valence-electron chi connectivity index (χ0n) is 22.2. The number of benzene rings is 1. The first-order valence-corrected chi connectivity index (χ1v) is 14.2. The highest BCUT2D eigenvalue weighted by molar-refractivity contribution is 5.47. The predicted octanol–water partition coefficient (Wildman–Crippen LogP) is 5.58. The van der Waals surface area contributed by atoms with Gasteiger partial charge in [0.25, 0.3) is 0 Å². The Bertz CT molecular complexity index is 1070. The van der Waals surface area contributed by atoms with Crippen LogP contribution in [-0.4, -0.2) is 55.0 Å². The van der Waals surface area contributed by atoms with Gasteiger partial charge in [-0.3, -0.25) is 9.69 Å². The molecule has 1 aromatic rings. The standard InChI is InChI=1S/C31H40FN3O3/c32-28-14-8-7-13-26(28)27(31(33-23-36)25-11-5-2-6-12-25)15-16-34-17-19-35(20-18-34)30-22-37-29(21-38-30)24-9-3-1-4-10-24/h1,3,7-9,13-14,21-23,25,27,31H,2,4-6,10-12,15-20H2,(H,33,36). The number of ether oxygens (including phenoxy) is 2. The molecule has 2 aliphatic heterocycles. The molecule has 0 radical (unpaired) electrons. The molecule has 0 aromatic heterocycles. The van der Waals surface area contributed by atoms with Crippen LogP contribution >= 0.6 is 0 Å². The van der Waals surface area contributed by atoms with Gasteiger partial charge in [0, 0.05) is 38.1 Å². The first-order chi connectivity index (χ1) is 18.7. The fraction of sp³-hybridized carbons (Fsp3) is 0.516. The minimum absolute atomic E-state index is 0.0420. The van der Waals surface area contributed by atoms with Gasteiger partial charge in [0.05, 0.1) is 0 Å². The minimum atomic E-state index is -0.176. The van der Waals surface area contributed by atoms with Crippen LogP contribution in [0.1, 0.15) is 62.8 Å². The molecule has 5 rings (SSSR count). The third-order valence-corrected chi connectivity index (χ3v) is 8.50. The molecular formula is C31H40FN3O3. The molecule has 1 saturated carbocycles. The fourth-order valence-electron chi connectivity index (χ4n) is 6.36. The zero-order chi connectivity index (χ0) is 26.2. The lowest BCUT2D eigenvalue weighted by Crippen LogP contribution is -2.47. The molecule has 204 valence electrons. The van der Waals surface area contributed by atoms with Gasteiger partial charge in [0.1, 0.15) is 12.1 Å². The first kappa shape index (κ1) is 26.5. The molecule has 2 unspecified atom stereocenters. The van der Waals surface area contributed by atoms with E-state index in [1.807, 2.05) is 12.1 Å². The summed E-state index contributed by atoms with van der Waals surface area (Å²) in [5.41, 5.74) is 1.88. The molecule has 4 aliphatic rings. The van der Waals surface area contributed by atoms with Crippen molar-refractivity contribution < 1.29 is 18.7 Å². The van der Waals surface area contributed by atoms with Crippen molar-refractivity contribution in [3.05, 3.63) is 83.6 Å². The molecule has 7 heteroatoms. The Morgan fingerprint density at radius 3 is 2.55 bits per heavy atom. The summed E-state index contributed by atoms with van der Waals surface area (Å²) < 4.78 is 26.8. The van der Waals surface area contributed by atoms with Crippen LogP contribution in [0.2, 0.25) is 0 Å². The number of carbonyl (C=O) groups excluding carboxylic acids is 1. The van der Waals surface area contributed by atoms with E-state index >= 15 is 0 Å². The largest absolute Gasteiger partial charge is 0.456 e. The number of nitrogens with one attached hydrogen (secondary N) is 1. The SMILES string of the molecule is O=CNC(C1CCCCC1)C(CCN1CCN(C2=COC(C3=CC=CCC3)=CO2)CC1)c1ccccc1F. The van der Waals surface area contributed by atoms with Gasteiger partial charge in [0.15, 0.2) is 12.0 Å². The third kappa shape index (κ3) is 6.49. The van der Waals surface area contributed by atoms with Gasteiger partial charge >= 0.3 is 0 Å². The number of halogens is 1. The van der Waals surface area contributed by atoms with E-state index in [1.54, 1.807) is 24.7 Å². The second-order valence-corrected chi connectivity index (χ2v) is 10.8. The average Bonchev–Trinajstić information content (AvgIpc) is 2.99. The minimum Gasteiger partial charge on any atom is -0.456 e. The Morgan fingerprint density at radius 2 is 1.87 bits per heavy atom. The highest BCUT2D eigenvalue weighted by Gasteiger charge is 2.33. The van der Waals surface area contributed by atoms with Gasteiger partial charge in [-0.25, -0.2) is 4.39 Å². The Hall–Kier alpha value is -3.06. The Balaban J connectivity index is 1.18. The molecule has 1 N–H and O–H groups in total. The van der Waals surface area contributed by atoms with Crippen LogP contribution in [0.25, 0.3) is 0 Å². The van der Waals surface area contributed by atoms with Crippen molar-refractivity contribution in [1.82, 2.24) is 15.1 Å². The lowest BCUT2D eigenvalue weighted by molar-refractivity contribution is -0.110. The highest BCUT2D eigenvalue weighted by Crippen LogP contribution is 2.36. The van der Waals surface area contributed by atoms with E-state index in [4.69, 9.17) is 9.47 Å². The predicted molar refractivity (Wildman–Crippen MR) is 146 cm³/mol. The number of hydrogen-bond acceptors (Lipinski definition) is 5. The topological polar surface area (TPSA) is 54.0 Å². The lowest BCUT2D eigenvalue weighted by Gasteiger charge is -2.39. The van der Waals surface area contributed by atoms with Crippen LogP contribution in [-0.2, 0) is 14.3 Å². The molecule has 0 bridgehead atoms. The summed E-state index contributed by atoms with van der Waals surface area (Å²) in [7, 11) is 0. The van der Waals surface area contributed by atoms with Gasteiger partial charge in [-0.2, -0.15) is 0 Å². The average molecular weight is 522 g/mol. The second-order valence-electron chi connectivity index (χ2n) is 10.8. The van der Waals surface area contributed by atoms with E-state index in [0.717, 1.165) is 94.0 Å². The smallest absolute Gasteiger partial charge is 0.231 e. The molecule has 2 fully saturated rings. The number of hydrogen-bond donors (Lipinski definition) is 1. The van der Waals surface area contributed by atoms with E-state index in [2.05, 4.69) is 33.3 Å². The third-order valence-electron chi connectivity index (χ3n) is 8.50. The number of piperazine rings is 1. The quantitative estimate of drug-likeness (QED) is 0.408. The van der Waals surface area contributed by atoms with Crippen LogP contribution in [0, 0.1) is 11.7 Å². The molecule has 0 spiro atoms. The number of rotatable bonds is 10. The number of nitrogens with zero attached hydrogens (tertiary/aromatic N) is 2. The summed E-state index contributed by atoms with van der Waals surface area (Å²) in [6.07, 6.45) is 19.1. The maximum absolute atomic E-state index is 15.0. The Morgan fingerprint density at radius 1 is 1.05 bits per heavy atom. The van der Waals surface area contributed by atoms with Crippen LogP contribution in [0.15, 0.2) is 72.2 Å². The van der Waals surface area contributed by atoms with Crippen LogP contribution < -0.4 is 5.32 Å². The number of allylic oxidation sites excluding steroid dienone is 4. The van der Waals surface area contributed by atoms with Gasteiger partial charge in [-0.1, -0.05) is 55.7 Å². The molecular weight excluding hydrogens is 481 g/mol. The molecule has 1 aromatic carbocycles. The van der Waals surface area contributed by atoms with E-state index < -0.39 is 0 Å². The van der Waals surface area contributed by atoms with E-state index in [9.17, 15) is 9.18 Å². The van der Waals surface area contributed by atoms with Crippen molar-refractivity contribution in [2.75, 3.05) is 32.7 Å². The molecule has 2 aliphatic carbocycles. The monoisotopic (exact) mass is 521 g/mol. The first-order valence-electron chi connectivity index (χ1n) is 14.2. The summed E-state index contributed by atoms with van der Waals surface area (Å²) in [5.74, 6) is 1.70. The molecule has 2 atom stereocenters. The van der Waals surface area contributed by atoms with Crippen LogP contribution in [0.4, 0.5) is 4.39 Å². The highest BCUT2D eigenvalue weighted by atomic mass is 19.1. The molecule has 38 heavy (non-hydrogen) atoms. The molecule has 1 amide bonds. The van der Waals surface area contributed by atoms with Crippen LogP contribution in [0.5, 0.6) is 0 Å². The summed E-state index contributed by atoms with van der Waals surface area (Å²) in [4.78, 5) is 16.3. The summed E-state index contributed by atoms with van der Waals surface area (Å²) in [6.45, 7) is 4.33. The lowest BCUT2D eigenvalue weighted by atomic mass is 9.75. The summed E-state index contributed by atoms with van der Waals surface area (Å²) in [6, 6.07) is 7.05. The summed E-state index contributed by atoms with van der Waals surface area (Å²) in [5, 5.41) is 3.12. The van der Waals surface area contributed by atoms with Gasteiger partial charge in [0.2, 0.25) is 12.3 Å². The van der Waals surface area contributed by atoms with Crippen molar-refractivity contribution in [3.8, 4) is 0 Å². The maximum Gasteiger partial charge on any atom is 0.231 e. The fourth-order valence-corrected chi connectivity index (χ4v) is 6.36. The van der Waals surface area contributed by atoms with Crippen molar-refractivity contribution in [2.45, 2.75) is 63.3 Å². The summed E-state index contributed by atoms with van der Waals surface area (Å²) >= 11 is 0. The Kier molecular flexibility index (Phi) is 9.18. The van der Waals surface area contributed by atoms with E-state index in [1.165, 1.54) is 19.3 Å². The van der Waals surface area contributed by atoms with Gasteiger partial charge in [-0.15, -0.1) is 0 Å². The van der Waals surface area contributed by atoms with E-state index in [0.29, 0.717) is 5.92 Å². The number of amides is 1. The van der Waals surface area contributed by atoms with Crippen LogP contribution in [0.3, 0.4) is 0 Å². The van der Waals surface area contributed by atoms with Gasteiger partial charge in [-0.05, 0) is 61.8 Å². The molecule has 2 heterocycles. The van der Waals surface area contributed by atoms with Crippen molar-refractivity contribution >= 4 is 6.41 Å². The normalized spacial score (nSPS) is 22.3. The zero-order valence-corrected chi connectivity index (χ0v) is 22.2.